The Bertz CT molecular complexity index is 392. The minimum atomic E-state index is -0.575. The maximum absolute atomic E-state index is 10.1. The van der Waals surface area contributed by atoms with Gasteiger partial charge >= 0.3 is 0 Å². The Morgan fingerprint density at radius 1 is 1.22 bits per heavy atom. The van der Waals surface area contributed by atoms with Gasteiger partial charge in [0.2, 0.25) is 0 Å². The molecule has 1 fully saturated rings. The smallest absolute Gasteiger partial charge is 0.157 e. The molecule has 0 aromatic heterocycles. The summed E-state index contributed by atoms with van der Waals surface area (Å²) in [5.41, 5.74) is 0.764. The first-order chi connectivity index (χ1) is 8.66. The Labute approximate surface area is 117 Å². The summed E-state index contributed by atoms with van der Waals surface area (Å²) < 4.78 is 10.9. The molecule has 0 radical (unpaired) electrons. The molecule has 1 N–H and O–H groups in total. The van der Waals surface area contributed by atoms with E-state index < -0.39 is 6.10 Å². The normalized spacial score (nSPS) is 18.8. The largest absolute Gasteiger partial charge is 0.388 e. The number of hydrogen-bond acceptors (Lipinski definition) is 3. The Morgan fingerprint density at radius 3 is 2.61 bits per heavy atom. The van der Waals surface area contributed by atoms with E-state index in [-0.39, 0.29) is 6.29 Å². The zero-order chi connectivity index (χ0) is 13.0. The summed E-state index contributed by atoms with van der Waals surface area (Å²) in [6.45, 7) is 1.46. The lowest BCUT2D eigenvalue weighted by molar-refractivity contribution is -0.183. The Balaban J connectivity index is 1.86. The second-order valence-corrected chi connectivity index (χ2v) is 5.11. The predicted octanol–water partition coefficient (Wildman–Crippen LogP) is 3.57. The topological polar surface area (TPSA) is 38.7 Å². The van der Waals surface area contributed by atoms with Crippen molar-refractivity contribution in [1.82, 2.24) is 0 Å². The minimum Gasteiger partial charge on any atom is -0.388 e. The van der Waals surface area contributed by atoms with Crippen LogP contribution in [0.1, 0.15) is 30.9 Å². The van der Waals surface area contributed by atoms with Gasteiger partial charge in [-0.25, -0.2) is 0 Å². The summed E-state index contributed by atoms with van der Waals surface area (Å²) in [6.07, 6.45) is 1.40. The van der Waals surface area contributed by atoms with Gasteiger partial charge in [-0.15, -0.1) is 0 Å². The van der Waals surface area contributed by atoms with Crippen LogP contribution in [0.5, 0.6) is 0 Å². The molecule has 1 aliphatic rings. The van der Waals surface area contributed by atoms with Crippen molar-refractivity contribution in [1.29, 1.82) is 0 Å². The van der Waals surface area contributed by atoms with E-state index in [1.807, 2.05) is 0 Å². The second kappa shape index (κ2) is 6.73. The van der Waals surface area contributed by atoms with Crippen LogP contribution in [0, 0.1) is 0 Å². The summed E-state index contributed by atoms with van der Waals surface area (Å²) >= 11 is 11.7. The highest BCUT2D eigenvalue weighted by molar-refractivity contribution is 6.42. The van der Waals surface area contributed by atoms with Crippen LogP contribution >= 0.6 is 23.2 Å². The van der Waals surface area contributed by atoms with Gasteiger partial charge in [0.05, 0.1) is 29.4 Å². The number of aliphatic hydroxyl groups excluding tert-OH is 1. The molecular formula is C13H16Cl2O3. The third kappa shape index (κ3) is 3.84. The molecule has 100 valence electrons. The fourth-order valence-electron chi connectivity index (χ4n) is 1.88. The fourth-order valence-corrected chi connectivity index (χ4v) is 2.19. The zero-order valence-corrected chi connectivity index (χ0v) is 11.5. The first-order valence-corrected chi connectivity index (χ1v) is 6.78. The van der Waals surface area contributed by atoms with Crippen molar-refractivity contribution >= 4 is 23.2 Å². The molecule has 0 saturated carbocycles. The predicted molar refractivity (Wildman–Crippen MR) is 71.0 cm³/mol. The maximum Gasteiger partial charge on any atom is 0.157 e. The van der Waals surface area contributed by atoms with Crippen molar-refractivity contribution in [2.45, 2.75) is 31.7 Å². The van der Waals surface area contributed by atoms with E-state index in [9.17, 15) is 5.11 Å². The molecule has 3 nitrogen and oxygen atoms in total. The molecule has 1 heterocycles. The molecule has 5 heteroatoms. The molecule has 1 aromatic carbocycles. The van der Waals surface area contributed by atoms with E-state index in [0.29, 0.717) is 22.9 Å². The number of rotatable bonds is 4. The summed E-state index contributed by atoms with van der Waals surface area (Å²) in [4.78, 5) is 0. The standard InChI is InChI=1S/C13H16Cl2O3/c14-10-3-2-9(8-11(10)15)12(16)4-5-13-17-6-1-7-18-13/h2-3,8,12-13,16H,1,4-7H2. The summed E-state index contributed by atoms with van der Waals surface area (Å²) in [6, 6.07) is 5.16. The lowest BCUT2D eigenvalue weighted by Gasteiger charge is -2.24. The van der Waals surface area contributed by atoms with Crippen molar-refractivity contribution < 1.29 is 14.6 Å². The Kier molecular flexibility index (Phi) is 5.27. The van der Waals surface area contributed by atoms with E-state index >= 15 is 0 Å². The lowest BCUT2D eigenvalue weighted by atomic mass is 10.0. The summed E-state index contributed by atoms with van der Waals surface area (Å²) in [5.74, 6) is 0. The third-order valence-corrected chi connectivity index (χ3v) is 3.64. The highest BCUT2D eigenvalue weighted by Gasteiger charge is 2.17. The van der Waals surface area contributed by atoms with Gasteiger partial charge in [-0.05, 0) is 30.5 Å². The van der Waals surface area contributed by atoms with Crippen LogP contribution in [-0.2, 0) is 9.47 Å². The van der Waals surface area contributed by atoms with Gasteiger partial charge in [-0.3, -0.25) is 0 Å². The molecule has 1 saturated heterocycles. The SMILES string of the molecule is OC(CCC1OCCCO1)c1ccc(Cl)c(Cl)c1. The maximum atomic E-state index is 10.1. The molecule has 0 spiro atoms. The quantitative estimate of drug-likeness (QED) is 0.921. The van der Waals surface area contributed by atoms with Crippen molar-refractivity contribution in [3.8, 4) is 0 Å². The molecule has 18 heavy (non-hydrogen) atoms. The number of ether oxygens (including phenoxy) is 2. The zero-order valence-electron chi connectivity index (χ0n) is 9.94. The van der Waals surface area contributed by atoms with Gasteiger partial charge in [0.25, 0.3) is 0 Å². The molecule has 0 amide bonds. The van der Waals surface area contributed by atoms with E-state index in [1.54, 1.807) is 18.2 Å². The second-order valence-electron chi connectivity index (χ2n) is 4.29. The lowest BCUT2D eigenvalue weighted by Crippen LogP contribution is -2.25. The highest BCUT2D eigenvalue weighted by atomic mass is 35.5. The van der Waals surface area contributed by atoms with Gasteiger partial charge in [0, 0.05) is 6.42 Å². The summed E-state index contributed by atoms with van der Waals surface area (Å²) in [5, 5.41) is 11.0. The van der Waals surface area contributed by atoms with Crippen molar-refractivity contribution in [3.63, 3.8) is 0 Å². The highest BCUT2D eigenvalue weighted by Crippen LogP contribution is 2.28. The van der Waals surface area contributed by atoms with E-state index in [2.05, 4.69) is 0 Å². The van der Waals surface area contributed by atoms with Gasteiger partial charge in [-0.2, -0.15) is 0 Å². The van der Waals surface area contributed by atoms with Crippen LogP contribution in [0.4, 0.5) is 0 Å². The van der Waals surface area contributed by atoms with Crippen LogP contribution in [0.2, 0.25) is 10.0 Å². The van der Waals surface area contributed by atoms with Crippen molar-refractivity contribution in [2.75, 3.05) is 13.2 Å². The number of aliphatic hydroxyl groups is 1. The third-order valence-electron chi connectivity index (χ3n) is 2.90. The van der Waals surface area contributed by atoms with Crippen molar-refractivity contribution in [3.05, 3.63) is 33.8 Å². The van der Waals surface area contributed by atoms with Crippen LogP contribution in [-0.4, -0.2) is 24.6 Å². The molecule has 1 unspecified atom stereocenters. The first-order valence-electron chi connectivity index (χ1n) is 6.03. The monoisotopic (exact) mass is 290 g/mol. The van der Waals surface area contributed by atoms with Crippen molar-refractivity contribution in [2.24, 2.45) is 0 Å². The van der Waals surface area contributed by atoms with E-state index in [1.165, 1.54) is 0 Å². The molecule has 1 atom stereocenters. The molecule has 0 aliphatic carbocycles. The Morgan fingerprint density at radius 2 is 1.94 bits per heavy atom. The van der Waals surface area contributed by atoms with Crippen LogP contribution < -0.4 is 0 Å². The average molecular weight is 291 g/mol. The van der Waals surface area contributed by atoms with Gasteiger partial charge in [0.1, 0.15) is 0 Å². The van der Waals surface area contributed by atoms with Gasteiger partial charge in [0.15, 0.2) is 6.29 Å². The number of hydrogen-bond donors (Lipinski definition) is 1. The fraction of sp³-hybridized carbons (Fsp3) is 0.538. The number of halogens is 2. The molecule has 1 aromatic rings. The van der Waals surface area contributed by atoms with E-state index in [0.717, 1.165) is 25.2 Å². The van der Waals surface area contributed by atoms with Crippen LogP contribution in [0.3, 0.4) is 0 Å². The van der Waals surface area contributed by atoms with Crippen LogP contribution in [0.15, 0.2) is 18.2 Å². The molecule has 2 rings (SSSR count). The first kappa shape index (κ1) is 14.1. The number of benzene rings is 1. The molecule has 0 bridgehead atoms. The van der Waals surface area contributed by atoms with Crippen LogP contribution in [0.25, 0.3) is 0 Å². The van der Waals surface area contributed by atoms with E-state index in [4.69, 9.17) is 32.7 Å². The summed E-state index contributed by atoms with van der Waals surface area (Å²) in [7, 11) is 0. The molecular weight excluding hydrogens is 275 g/mol. The van der Waals surface area contributed by atoms with Gasteiger partial charge in [-0.1, -0.05) is 29.3 Å². The minimum absolute atomic E-state index is 0.198. The molecule has 1 aliphatic heterocycles. The van der Waals surface area contributed by atoms with Gasteiger partial charge < -0.3 is 14.6 Å². The Hall–Kier alpha value is -0.320. The average Bonchev–Trinajstić information content (AvgIpc) is 2.40.